The van der Waals surface area contributed by atoms with Gasteiger partial charge in [0.25, 0.3) is 0 Å². The maximum absolute atomic E-state index is 10.5. The zero-order valence-electron chi connectivity index (χ0n) is 5.26. The number of amides is 2. The second-order valence-corrected chi connectivity index (χ2v) is 1.57. The van der Waals surface area contributed by atoms with Crippen molar-refractivity contribution in [3.05, 3.63) is 0 Å². The lowest BCUT2D eigenvalue weighted by atomic mass is 10.6. The third-order valence-corrected chi connectivity index (χ3v) is 0.924. The summed E-state index contributed by atoms with van der Waals surface area (Å²) >= 11 is 0. The molecular formula is C3H7N5O2. The summed E-state index contributed by atoms with van der Waals surface area (Å²) < 4.78 is 0. The van der Waals surface area contributed by atoms with Gasteiger partial charge in [-0.2, -0.15) is 0 Å². The van der Waals surface area contributed by atoms with E-state index in [1.54, 1.807) is 7.05 Å². The third-order valence-electron chi connectivity index (χ3n) is 0.924. The topological polar surface area (TPSA) is 85.5 Å². The quantitative estimate of drug-likeness (QED) is 0.295. The molecule has 0 aromatic carbocycles. The summed E-state index contributed by atoms with van der Waals surface area (Å²) in [4.78, 5) is 20.9. The van der Waals surface area contributed by atoms with Crippen LogP contribution in [0, 0.1) is 0 Å². The molecule has 1 heterocycles. The summed E-state index contributed by atoms with van der Waals surface area (Å²) in [5, 5.41) is 1.11. The summed E-state index contributed by atoms with van der Waals surface area (Å²) in [6, 6.07) is 0. The van der Waals surface area contributed by atoms with E-state index in [-0.39, 0.29) is 0 Å². The van der Waals surface area contributed by atoms with Crippen LogP contribution in [-0.4, -0.2) is 24.1 Å². The summed E-state index contributed by atoms with van der Waals surface area (Å²) in [6.07, 6.45) is 0. The average molecular weight is 145 g/mol. The molecule has 0 aromatic rings. The SMILES string of the molecule is CNN1NNC(=O)C(=O)N1. The Balaban J connectivity index is 2.48. The Kier molecular flexibility index (Phi) is 1.81. The Bertz CT molecular complexity index is 168. The van der Waals surface area contributed by atoms with E-state index in [2.05, 4.69) is 21.8 Å². The van der Waals surface area contributed by atoms with Gasteiger partial charge in [-0.1, -0.05) is 5.23 Å². The standard InChI is InChI=1S/C3H7N5O2/c1-4-8-6-3(10)2(9)5-7-8/h4,7H,1H3,(H,5,9)(H,6,10). The average Bonchev–Trinajstić information content (AvgIpc) is 1.95. The Hall–Kier alpha value is -1.18. The first kappa shape index (κ1) is 6.93. The number of hydrazine groups is 4. The molecule has 1 aliphatic heterocycles. The maximum atomic E-state index is 10.5. The zero-order valence-corrected chi connectivity index (χ0v) is 5.26. The molecular weight excluding hydrogens is 138 g/mol. The zero-order chi connectivity index (χ0) is 7.56. The summed E-state index contributed by atoms with van der Waals surface area (Å²) in [5.41, 5.74) is 9.14. The van der Waals surface area contributed by atoms with Crippen LogP contribution in [0.5, 0.6) is 0 Å². The van der Waals surface area contributed by atoms with Crippen LogP contribution in [0.2, 0.25) is 0 Å². The molecule has 4 N–H and O–H groups in total. The van der Waals surface area contributed by atoms with Crippen LogP contribution in [0.15, 0.2) is 0 Å². The highest BCUT2D eigenvalue weighted by atomic mass is 16.2. The summed E-state index contributed by atoms with van der Waals surface area (Å²) in [6.45, 7) is 0. The van der Waals surface area contributed by atoms with Crippen molar-refractivity contribution in [3.8, 4) is 0 Å². The van der Waals surface area contributed by atoms with Gasteiger partial charge in [-0.15, -0.1) is 5.53 Å². The van der Waals surface area contributed by atoms with Crippen molar-refractivity contribution in [3.63, 3.8) is 0 Å². The van der Waals surface area contributed by atoms with E-state index in [0.717, 1.165) is 5.23 Å². The minimum atomic E-state index is -0.716. The second-order valence-electron chi connectivity index (χ2n) is 1.57. The number of nitrogens with one attached hydrogen (secondary N) is 4. The van der Waals surface area contributed by atoms with Crippen molar-refractivity contribution < 1.29 is 9.59 Å². The molecule has 56 valence electrons. The Morgan fingerprint density at radius 1 is 1.40 bits per heavy atom. The van der Waals surface area contributed by atoms with E-state index in [9.17, 15) is 9.59 Å². The molecule has 1 rings (SSSR count). The number of hydrogen-bond acceptors (Lipinski definition) is 5. The molecule has 0 bridgehead atoms. The number of rotatable bonds is 1. The Morgan fingerprint density at radius 3 is 2.60 bits per heavy atom. The van der Waals surface area contributed by atoms with Gasteiger partial charge in [0.05, 0.1) is 0 Å². The lowest BCUT2D eigenvalue weighted by molar-refractivity contribution is -0.153. The maximum Gasteiger partial charge on any atom is 0.327 e. The second kappa shape index (κ2) is 2.60. The van der Waals surface area contributed by atoms with Gasteiger partial charge in [-0.05, 0) is 0 Å². The Labute approximate surface area is 56.6 Å². The monoisotopic (exact) mass is 145 g/mol. The van der Waals surface area contributed by atoms with Crippen molar-refractivity contribution in [1.29, 1.82) is 0 Å². The van der Waals surface area contributed by atoms with Crippen LogP contribution in [-0.2, 0) is 9.59 Å². The van der Waals surface area contributed by atoms with E-state index in [1.165, 1.54) is 0 Å². The van der Waals surface area contributed by atoms with Gasteiger partial charge in [0.15, 0.2) is 0 Å². The molecule has 7 heteroatoms. The van der Waals surface area contributed by atoms with Crippen LogP contribution < -0.4 is 21.8 Å². The summed E-state index contributed by atoms with van der Waals surface area (Å²) in [7, 11) is 1.57. The van der Waals surface area contributed by atoms with Crippen LogP contribution in [0.25, 0.3) is 0 Å². The highest BCUT2D eigenvalue weighted by Gasteiger charge is 2.21. The van der Waals surface area contributed by atoms with Gasteiger partial charge in [0.2, 0.25) is 0 Å². The van der Waals surface area contributed by atoms with Gasteiger partial charge in [0.1, 0.15) is 0 Å². The smallest absolute Gasteiger partial charge is 0.267 e. The van der Waals surface area contributed by atoms with Crippen LogP contribution >= 0.6 is 0 Å². The molecule has 1 fully saturated rings. The fourth-order valence-corrected chi connectivity index (χ4v) is 0.456. The van der Waals surface area contributed by atoms with Crippen molar-refractivity contribution in [2.24, 2.45) is 0 Å². The van der Waals surface area contributed by atoms with Gasteiger partial charge < -0.3 is 0 Å². The first-order valence-corrected chi connectivity index (χ1v) is 2.58. The fraction of sp³-hybridized carbons (Fsp3) is 0.333. The highest BCUT2D eigenvalue weighted by molar-refractivity contribution is 6.35. The number of hydrogen-bond donors (Lipinski definition) is 4. The molecule has 0 aliphatic carbocycles. The lowest BCUT2D eigenvalue weighted by Gasteiger charge is -2.25. The van der Waals surface area contributed by atoms with Crippen LogP contribution in [0.4, 0.5) is 0 Å². The van der Waals surface area contributed by atoms with E-state index in [0.29, 0.717) is 0 Å². The van der Waals surface area contributed by atoms with Crippen molar-refractivity contribution in [2.45, 2.75) is 0 Å². The fourth-order valence-electron chi connectivity index (χ4n) is 0.456. The predicted molar refractivity (Wildman–Crippen MR) is 30.3 cm³/mol. The molecule has 1 aliphatic rings. The predicted octanol–water partition coefficient (Wildman–Crippen LogP) is -3.00. The summed E-state index contributed by atoms with van der Waals surface area (Å²) in [5.74, 6) is -1.43. The first-order chi connectivity index (χ1) is 4.74. The van der Waals surface area contributed by atoms with Gasteiger partial charge in [-0.25, -0.2) is 5.43 Å². The van der Waals surface area contributed by atoms with E-state index >= 15 is 0 Å². The molecule has 10 heavy (non-hydrogen) atoms. The van der Waals surface area contributed by atoms with E-state index < -0.39 is 11.8 Å². The Morgan fingerprint density at radius 2 is 2.10 bits per heavy atom. The minimum Gasteiger partial charge on any atom is -0.267 e. The van der Waals surface area contributed by atoms with Crippen molar-refractivity contribution in [1.82, 2.24) is 27.0 Å². The first-order valence-electron chi connectivity index (χ1n) is 2.58. The third kappa shape index (κ3) is 1.21. The number of carbonyl (C=O) groups is 2. The van der Waals surface area contributed by atoms with Crippen LogP contribution in [0.1, 0.15) is 0 Å². The van der Waals surface area contributed by atoms with Crippen LogP contribution in [0.3, 0.4) is 0 Å². The molecule has 0 saturated carbocycles. The van der Waals surface area contributed by atoms with Crippen molar-refractivity contribution in [2.75, 3.05) is 7.05 Å². The van der Waals surface area contributed by atoms with E-state index in [1.807, 2.05) is 0 Å². The molecule has 0 aromatic heterocycles. The molecule has 7 nitrogen and oxygen atoms in total. The number of nitrogens with zero attached hydrogens (tertiary/aromatic N) is 1. The van der Waals surface area contributed by atoms with Gasteiger partial charge in [-0.3, -0.25) is 20.4 Å². The normalized spacial score (nSPS) is 20.1. The molecule has 0 spiro atoms. The minimum absolute atomic E-state index is 0.715. The largest absolute Gasteiger partial charge is 0.327 e. The van der Waals surface area contributed by atoms with Crippen molar-refractivity contribution >= 4 is 11.8 Å². The van der Waals surface area contributed by atoms with E-state index in [4.69, 9.17) is 0 Å². The molecule has 2 amide bonds. The molecule has 0 unspecified atom stereocenters. The molecule has 1 saturated heterocycles. The van der Waals surface area contributed by atoms with Gasteiger partial charge >= 0.3 is 11.8 Å². The molecule has 0 atom stereocenters. The molecule has 0 radical (unpaired) electrons. The highest BCUT2D eigenvalue weighted by Crippen LogP contribution is 1.74. The lowest BCUT2D eigenvalue weighted by Crippen LogP contribution is -2.69. The number of carbonyl (C=O) groups excluding carboxylic acids is 2. The van der Waals surface area contributed by atoms with Gasteiger partial charge in [0, 0.05) is 7.05 Å².